The molecule has 2 rings (SSSR count). The molecule has 1 aromatic carbocycles. The molecule has 0 amide bonds. The Hall–Kier alpha value is -2.02. The van der Waals surface area contributed by atoms with Gasteiger partial charge in [0.05, 0.1) is 18.7 Å². The largest absolute Gasteiger partial charge is 0.466 e. The SMILES string of the molecule is CCOC(=O)Cc1nc(-c2ccc(OC(F)F)cc2)cs1. The molecule has 1 aromatic heterocycles. The minimum atomic E-state index is -2.84. The maximum Gasteiger partial charge on any atom is 0.387 e. The van der Waals surface area contributed by atoms with Gasteiger partial charge in [-0.15, -0.1) is 11.3 Å². The molecule has 0 bridgehead atoms. The van der Waals surface area contributed by atoms with E-state index in [9.17, 15) is 13.6 Å². The van der Waals surface area contributed by atoms with E-state index in [-0.39, 0.29) is 18.1 Å². The van der Waals surface area contributed by atoms with Crippen LogP contribution in [0.15, 0.2) is 29.6 Å². The highest BCUT2D eigenvalue weighted by molar-refractivity contribution is 7.10. The summed E-state index contributed by atoms with van der Waals surface area (Å²) in [6.07, 6.45) is 0.130. The minimum Gasteiger partial charge on any atom is -0.466 e. The summed E-state index contributed by atoms with van der Waals surface area (Å²) in [5.74, 6) is -0.227. The van der Waals surface area contributed by atoms with Crippen molar-refractivity contribution in [3.8, 4) is 17.0 Å². The van der Waals surface area contributed by atoms with Crippen molar-refractivity contribution in [2.24, 2.45) is 0 Å². The maximum atomic E-state index is 12.1. The second-order valence-electron chi connectivity index (χ2n) is 4.01. The van der Waals surface area contributed by atoms with E-state index >= 15 is 0 Å². The van der Waals surface area contributed by atoms with Gasteiger partial charge in [-0.3, -0.25) is 4.79 Å². The number of benzene rings is 1. The second-order valence-corrected chi connectivity index (χ2v) is 4.95. The van der Waals surface area contributed by atoms with Crippen LogP contribution < -0.4 is 4.74 Å². The number of thiazole rings is 1. The lowest BCUT2D eigenvalue weighted by molar-refractivity contribution is -0.142. The van der Waals surface area contributed by atoms with Gasteiger partial charge in [-0.2, -0.15) is 8.78 Å². The van der Waals surface area contributed by atoms with Crippen LogP contribution in [0.25, 0.3) is 11.3 Å². The molecule has 0 fully saturated rings. The summed E-state index contributed by atoms with van der Waals surface area (Å²) in [7, 11) is 0. The van der Waals surface area contributed by atoms with E-state index in [2.05, 4.69) is 9.72 Å². The summed E-state index contributed by atoms with van der Waals surface area (Å²) in [6.45, 7) is -0.761. The van der Waals surface area contributed by atoms with Gasteiger partial charge < -0.3 is 9.47 Å². The highest BCUT2D eigenvalue weighted by Crippen LogP contribution is 2.25. The summed E-state index contributed by atoms with van der Waals surface area (Å²) < 4.78 is 33.2. The highest BCUT2D eigenvalue weighted by Gasteiger charge is 2.10. The first-order valence-corrected chi connectivity index (χ1v) is 7.11. The van der Waals surface area contributed by atoms with Crippen LogP contribution in [0.2, 0.25) is 0 Å². The topological polar surface area (TPSA) is 48.4 Å². The van der Waals surface area contributed by atoms with E-state index in [0.29, 0.717) is 17.3 Å². The van der Waals surface area contributed by atoms with Gasteiger partial charge in [0.25, 0.3) is 0 Å². The Labute approximate surface area is 124 Å². The van der Waals surface area contributed by atoms with Crippen LogP contribution in [0.3, 0.4) is 0 Å². The van der Waals surface area contributed by atoms with E-state index in [4.69, 9.17) is 4.74 Å². The van der Waals surface area contributed by atoms with Crippen molar-refractivity contribution in [1.82, 2.24) is 4.98 Å². The monoisotopic (exact) mass is 313 g/mol. The third-order valence-electron chi connectivity index (χ3n) is 2.53. The van der Waals surface area contributed by atoms with E-state index in [1.807, 2.05) is 0 Å². The van der Waals surface area contributed by atoms with Crippen molar-refractivity contribution >= 4 is 17.3 Å². The Bertz CT molecular complexity index is 599. The highest BCUT2D eigenvalue weighted by atomic mass is 32.1. The average molecular weight is 313 g/mol. The zero-order valence-corrected chi connectivity index (χ0v) is 12.0. The molecule has 7 heteroatoms. The van der Waals surface area contributed by atoms with Crippen LogP contribution in [0.4, 0.5) is 8.78 Å². The van der Waals surface area contributed by atoms with Crippen molar-refractivity contribution < 1.29 is 23.0 Å². The molecule has 0 unspecified atom stereocenters. The molecule has 4 nitrogen and oxygen atoms in total. The van der Waals surface area contributed by atoms with Crippen molar-refractivity contribution in [2.75, 3.05) is 6.61 Å². The first-order chi connectivity index (χ1) is 10.1. The number of carbonyl (C=O) groups is 1. The Kier molecular flexibility index (Phi) is 5.21. The lowest BCUT2D eigenvalue weighted by atomic mass is 10.2. The molecule has 0 aliphatic rings. The second kappa shape index (κ2) is 7.12. The zero-order chi connectivity index (χ0) is 15.2. The van der Waals surface area contributed by atoms with Crippen molar-refractivity contribution in [3.63, 3.8) is 0 Å². The minimum absolute atomic E-state index is 0.0933. The molecule has 0 spiro atoms. The van der Waals surface area contributed by atoms with Gasteiger partial charge in [0.2, 0.25) is 0 Å². The number of rotatable bonds is 6. The van der Waals surface area contributed by atoms with Crippen LogP contribution in [-0.2, 0) is 16.0 Å². The summed E-state index contributed by atoms with van der Waals surface area (Å²) in [4.78, 5) is 15.7. The molecule has 112 valence electrons. The number of esters is 1. The predicted octanol–water partition coefficient (Wildman–Crippen LogP) is 3.52. The van der Waals surface area contributed by atoms with E-state index in [0.717, 1.165) is 5.56 Å². The fourth-order valence-corrected chi connectivity index (χ4v) is 2.46. The first-order valence-electron chi connectivity index (χ1n) is 6.23. The number of hydrogen-bond acceptors (Lipinski definition) is 5. The lowest BCUT2D eigenvalue weighted by Gasteiger charge is -2.04. The summed E-state index contributed by atoms with van der Waals surface area (Å²) >= 11 is 1.35. The van der Waals surface area contributed by atoms with Crippen molar-refractivity contribution in [1.29, 1.82) is 0 Å². The standard InChI is InChI=1S/C14H13F2NO3S/c1-2-19-13(18)7-12-17-11(8-21-12)9-3-5-10(6-4-9)20-14(15)16/h3-6,8,14H,2,7H2,1H3. The van der Waals surface area contributed by atoms with Crippen LogP contribution in [0.1, 0.15) is 11.9 Å². The van der Waals surface area contributed by atoms with Crippen LogP contribution >= 0.6 is 11.3 Å². The molecule has 0 N–H and O–H groups in total. The van der Waals surface area contributed by atoms with E-state index in [1.54, 1.807) is 24.4 Å². The Balaban J connectivity index is 2.05. The summed E-state index contributed by atoms with van der Waals surface area (Å²) in [5, 5.41) is 2.45. The number of ether oxygens (including phenoxy) is 2. The quantitative estimate of drug-likeness (QED) is 0.766. The molecule has 0 aliphatic heterocycles. The fraction of sp³-hybridized carbons (Fsp3) is 0.286. The lowest BCUT2D eigenvalue weighted by Crippen LogP contribution is -2.07. The number of nitrogens with zero attached hydrogens (tertiary/aromatic N) is 1. The summed E-state index contributed by atoms with van der Waals surface area (Å²) in [6, 6.07) is 6.18. The number of hydrogen-bond donors (Lipinski definition) is 0. The first kappa shape index (κ1) is 15.4. The molecule has 0 radical (unpaired) electrons. The molecule has 0 aliphatic carbocycles. The number of carbonyl (C=O) groups excluding carboxylic acids is 1. The van der Waals surface area contributed by atoms with Gasteiger partial charge in [0, 0.05) is 10.9 Å². The third kappa shape index (κ3) is 4.49. The maximum absolute atomic E-state index is 12.1. The molecule has 0 saturated heterocycles. The molecule has 2 aromatic rings. The molecule has 0 saturated carbocycles. The summed E-state index contributed by atoms with van der Waals surface area (Å²) in [5.41, 5.74) is 1.45. The average Bonchev–Trinajstić information content (AvgIpc) is 2.87. The third-order valence-corrected chi connectivity index (χ3v) is 3.38. The van der Waals surface area contributed by atoms with Gasteiger partial charge >= 0.3 is 12.6 Å². The van der Waals surface area contributed by atoms with Gasteiger partial charge in [0.15, 0.2) is 0 Å². The Morgan fingerprint density at radius 2 is 2.05 bits per heavy atom. The van der Waals surface area contributed by atoms with E-state index < -0.39 is 6.61 Å². The van der Waals surface area contributed by atoms with Crippen LogP contribution in [0.5, 0.6) is 5.75 Å². The van der Waals surface area contributed by atoms with Gasteiger partial charge in [0.1, 0.15) is 10.8 Å². The smallest absolute Gasteiger partial charge is 0.387 e. The molecular weight excluding hydrogens is 300 g/mol. The fourth-order valence-electron chi connectivity index (χ4n) is 1.67. The zero-order valence-electron chi connectivity index (χ0n) is 11.2. The van der Waals surface area contributed by atoms with E-state index in [1.165, 1.54) is 23.5 Å². The van der Waals surface area contributed by atoms with Crippen molar-refractivity contribution in [2.45, 2.75) is 20.0 Å². The Morgan fingerprint density at radius 1 is 1.33 bits per heavy atom. The van der Waals surface area contributed by atoms with Crippen molar-refractivity contribution in [3.05, 3.63) is 34.7 Å². The number of aromatic nitrogens is 1. The molecular formula is C14H13F2NO3S. The van der Waals surface area contributed by atoms with Gasteiger partial charge in [-0.1, -0.05) is 0 Å². The molecule has 21 heavy (non-hydrogen) atoms. The van der Waals surface area contributed by atoms with Gasteiger partial charge in [-0.05, 0) is 31.2 Å². The van der Waals surface area contributed by atoms with Gasteiger partial charge in [-0.25, -0.2) is 4.98 Å². The number of alkyl halides is 2. The molecule has 1 heterocycles. The van der Waals surface area contributed by atoms with Crippen LogP contribution in [0, 0.1) is 0 Å². The number of halogens is 2. The predicted molar refractivity (Wildman–Crippen MR) is 74.5 cm³/mol. The normalized spacial score (nSPS) is 10.7. The molecule has 0 atom stereocenters. The van der Waals surface area contributed by atoms with Crippen LogP contribution in [-0.4, -0.2) is 24.2 Å². The Morgan fingerprint density at radius 3 is 2.67 bits per heavy atom.